The minimum Gasteiger partial charge on any atom is -0.490 e. The molecule has 0 aliphatic heterocycles. The van der Waals surface area contributed by atoms with Crippen molar-refractivity contribution in [3.05, 3.63) is 24.3 Å². The van der Waals surface area contributed by atoms with E-state index < -0.39 is 0 Å². The molecule has 0 amide bonds. The van der Waals surface area contributed by atoms with Crippen LogP contribution in [0, 0.1) is 17.3 Å². The van der Waals surface area contributed by atoms with Crippen LogP contribution < -0.4 is 9.47 Å². The molecule has 2 atom stereocenters. The predicted molar refractivity (Wildman–Crippen MR) is 96.6 cm³/mol. The smallest absolute Gasteiger partial charge is 0.311 e. The van der Waals surface area contributed by atoms with Gasteiger partial charge in [0.1, 0.15) is 0 Å². The molecule has 4 aliphatic rings. The maximum absolute atomic E-state index is 12.7. The fourth-order valence-corrected chi connectivity index (χ4v) is 7.33. The average molecular weight is 393 g/mol. The number of halogens is 1. The lowest BCUT2D eigenvalue weighted by Gasteiger charge is -2.60. The van der Waals surface area contributed by atoms with E-state index in [0.717, 1.165) is 18.3 Å². The second-order valence-corrected chi connectivity index (χ2v) is 9.82. The lowest BCUT2D eigenvalue weighted by molar-refractivity contribution is -0.141. The van der Waals surface area contributed by atoms with E-state index in [4.69, 9.17) is 9.47 Å². The first-order valence-corrected chi connectivity index (χ1v) is 9.90. The molecule has 0 saturated heterocycles. The van der Waals surface area contributed by atoms with Gasteiger partial charge < -0.3 is 9.47 Å². The van der Waals surface area contributed by atoms with Gasteiger partial charge in [-0.1, -0.05) is 28.1 Å². The van der Waals surface area contributed by atoms with E-state index in [-0.39, 0.29) is 15.7 Å². The van der Waals surface area contributed by atoms with Crippen molar-refractivity contribution in [3.8, 4) is 11.5 Å². The molecule has 0 heterocycles. The molecule has 1 aromatic carbocycles. The number of hydrogen-bond donors (Lipinski definition) is 0. The number of carbonyl (C=O) groups is 1. The predicted octanol–water partition coefficient (Wildman–Crippen LogP) is 5.11. The molecule has 4 fully saturated rings. The fraction of sp³-hybridized carbons (Fsp3) is 0.650. The van der Waals surface area contributed by atoms with Crippen molar-refractivity contribution in [1.29, 1.82) is 0 Å². The molecule has 4 bridgehead atoms. The van der Waals surface area contributed by atoms with E-state index in [1.807, 2.05) is 31.2 Å². The zero-order valence-electron chi connectivity index (χ0n) is 14.2. The molecular formula is C20H25BrO3. The number of esters is 1. The van der Waals surface area contributed by atoms with Crippen LogP contribution in [0.4, 0.5) is 0 Å². The highest BCUT2D eigenvalue weighted by Crippen LogP contribution is 2.65. The zero-order chi connectivity index (χ0) is 16.8. The first-order valence-electron chi connectivity index (χ1n) is 9.11. The number of rotatable bonds is 5. The van der Waals surface area contributed by atoms with Gasteiger partial charge in [-0.3, -0.25) is 4.79 Å². The van der Waals surface area contributed by atoms with E-state index in [2.05, 4.69) is 15.9 Å². The first kappa shape index (κ1) is 16.4. The molecule has 2 unspecified atom stereocenters. The highest BCUT2D eigenvalue weighted by Gasteiger charge is 2.57. The Bertz CT molecular complexity index is 628. The highest BCUT2D eigenvalue weighted by atomic mass is 79.9. The van der Waals surface area contributed by atoms with Crippen molar-refractivity contribution in [1.82, 2.24) is 0 Å². The number of carbonyl (C=O) groups excluding carboxylic acids is 1. The van der Waals surface area contributed by atoms with Crippen molar-refractivity contribution in [2.24, 2.45) is 17.3 Å². The van der Waals surface area contributed by atoms with Gasteiger partial charge in [0, 0.05) is 4.32 Å². The Balaban J connectivity index is 1.47. The Kier molecular flexibility index (Phi) is 4.14. The van der Waals surface area contributed by atoms with Crippen LogP contribution >= 0.6 is 15.9 Å². The molecule has 130 valence electrons. The average Bonchev–Trinajstić information content (AvgIpc) is 2.46. The van der Waals surface area contributed by atoms with Gasteiger partial charge in [0.2, 0.25) is 0 Å². The summed E-state index contributed by atoms with van der Waals surface area (Å²) in [6.45, 7) is 2.50. The summed E-state index contributed by atoms with van der Waals surface area (Å²) in [4.78, 5) is 12.7. The van der Waals surface area contributed by atoms with Crippen molar-refractivity contribution in [3.63, 3.8) is 0 Å². The monoisotopic (exact) mass is 392 g/mol. The van der Waals surface area contributed by atoms with E-state index >= 15 is 0 Å². The van der Waals surface area contributed by atoms with Crippen LogP contribution in [0.3, 0.4) is 0 Å². The topological polar surface area (TPSA) is 35.5 Å². The summed E-state index contributed by atoms with van der Waals surface area (Å²) in [6, 6.07) is 7.44. The van der Waals surface area contributed by atoms with Gasteiger partial charge in [-0.05, 0) is 74.8 Å². The largest absolute Gasteiger partial charge is 0.490 e. The van der Waals surface area contributed by atoms with Gasteiger partial charge >= 0.3 is 5.97 Å². The Hall–Kier alpha value is -1.03. The van der Waals surface area contributed by atoms with Gasteiger partial charge in [0.25, 0.3) is 0 Å². The SMILES string of the molecule is CCOc1ccccc1OC(=O)CC12CC3CC(CC(Br)(C3)C1)C2. The Morgan fingerprint density at radius 3 is 2.46 bits per heavy atom. The van der Waals surface area contributed by atoms with E-state index in [0.29, 0.717) is 24.5 Å². The molecule has 4 heteroatoms. The normalized spacial score (nSPS) is 36.6. The fourth-order valence-electron chi connectivity index (χ4n) is 5.82. The quantitative estimate of drug-likeness (QED) is 0.396. The maximum atomic E-state index is 12.7. The molecule has 0 aromatic heterocycles. The number of hydrogen-bond acceptors (Lipinski definition) is 3. The van der Waals surface area contributed by atoms with Crippen LogP contribution in [0.5, 0.6) is 11.5 Å². The Labute approximate surface area is 152 Å². The number of benzene rings is 1. The third-order valence-electron chi connectivity index (χ3n) is 6.00. The molecule has 0 N–H and O–H groups in total. The van der Waals surface area contributed by atoms with Crippen molar-refractivity contribution < 1.29 is 14.3 Å². The van der Waals surface area contributed by atoms with E-state index in [1.54, 1.807) is 0 Å². The van der Waals surface area contributed by atoms with Gasteiger partial charge in [0.15, 0.2) is 11.5 Å². The molecule has 3 nitrogen and oxygen atoms in total. The van der Waals surface area contributed by atoms with Crippen LogP contribution in [0.25, 0.3) is 0 Å². The van der Waals surface area contributed by atoms with Gasteiger partial charge in [-0.15, -0.1) is 0 Å². The summed E-state index contributed by atoms with van der Waals surface area (Å²) in [5, 5.41) is 0. The molecule has 5 rings (SSSR count). The number of alkyl halides is 1. The van der Waals surface area contributed by atoms with Crippen molar-refractivity contribution in [2.75, 3.05) is 6.61 Å². The third-order valence-corrected chi connectivity index (χ3v) is 6.93. The summed E-state index contributed by atoms with van der Waals surface area (Å²) in [7, 11) is 0. The van der Waals surface area contributed by atoms with Crippen LogP contribution in [0.1, 0.15) is 51.9 Å². The molecule has 4 aliphatic carbocycles. The molecular weight excluding hydrogens is 368 g/mol. The van der Waals surface area contributed by atoms with Crippen molar-refractivity contribution in [2.45, 2.75) is 56.2 Å². The Morgan fingerprint density at radius 2 is 1.83 bits per heavy atom. The highest BCUT2D eigenvalue weighted by molar-refractivity contribution is 9.10. The van der Waals surface area contributed by atoms with Crippen LogP contribution in [-0.4, -0.2) is 16.9 Å². The lowest BCUT2D eigenvalue weighted by Crippen LogP contribution is -2.53. The molecule has 1 aromatic rings. The molecule has 24 heavy (non-hydrogen) atoms. The summed E-state index contributed by atoms with van der Waals surface area (Å²) in [6.07, 6.45) is 7.97. The lowest BCUT2D eigenvalue weighted by atomic mass is 9.49. The van der Waals surface area contributed by atoms with Crippen LogP contribution in [-0.2, 0) is 4.79 Å². The van der Waals surface area contributed by atoms with Crippen LogP contribution in [0.2, 0.25) is 0 Å². The summed E-state index contributed by atoms with van der Waals surface area (Å²) in [5.74, 6) is 2.65. The van der Waals surface area contributed by atoms with Gasteiger partial charge in [-0.2, -0.15) is 0 Å². The van der Waals surface area contributed by atoms with E-state index in [9.17, 15) is 4.79 Å². The molecule has 0 radical (unpaired) electrons. The van der Waals surface area contributed by atoms with E-state index in [1.165, 1.54) is 32.1 Å². The zero-order valence-corrected chi connectivity index (χ0v) is 15.8. The third kappa shape index (κ3) is 3.10. The minimum atomic E-state index is -0.111. The van der Waals surface area contributed by atoms with Gasteiger partial charge in [-0.25, -0.2) is 0 Å². The Morgan fingerprint density at radius 1 is 1.17 bits per heavy atom. The number of ether oxygens (including phenoxy) is 2. The second-order valence-electron chi connectivity index (χ2n) is 8.14. The standard InChI is InChI=1S/C20H25BrO3/c1-2-23-16-5-3-4-6-17(16)24-18(22)12-19-8-14-7-15(9-19)11-20(21,10-14)13-19/h3-6,14-15H,2,7-13H2,1H3. The summed E-state index contributed by atoms with van der Waals surface area (Å²) < 4.78 is 11.5. The minimum absolute atomic E-state index is 0.111. The van der Waals surface area contributed by atoms with Crippen LogP contribution in [0.15, 0.2) is 24.3 Å². The number of para-hydroxylation sites is 2. The van der Waals surface area contributed by atoms with Crippen molar-refractivity contribution >= 4 is 21.9 Å². The maximum Gasteiger partial charge on any atom is 0.311 e. The summed E-state index contributed by atoms with van der Waals surface area (Å²) >= 11 is 4.01. The van der Waals surface area contributed by atoms with Gasteiger partial charge in [0.05, 0.1) is 13.0 Å². The second kappa shape index (κ2) is 6.05. The molecule has 4 saturated carbocycles. The molecule has 0 spiro atoms. The summed E-state index contributed by atoms with van der Waals surface area (Å²) in [5.41, 5.74) is 0.144. The first-order chi connectivity index (χ1) is 11.5.